The minimum atomic E-state index is 0.906. The molecule has 0 atom stereocenters. The monoisotopic (exact) mass is 689 g/mol. The normalized spacial score (nSPS) is 11.3. The summed E-state index contributed by atoms with van der Waals surface area (Å²) in [5, 5.41) is 4.73. The van der Waals surface area contributed by atoms with Crippen LogP contribution in [0.5, 0.6) is 0 Å². The summed E-state index contributed by atoms with van der Waals surface area (Å²) in [6, 6.07) is 75.5. The van der Waals surface area contributed by atoms with E-state index in [0.717, 1.165) is 50.1 Å². The van der Waals surface area contributed by atoms with Gasteiger partial charge in [-0.25, -0.2) is 0 Å². The Morgan fingerprint density at radius 2 is 0.722 bits per heavy atom. The highest BCUT2D eigenvalue weighted by Crippen LogP contribution is 2.43. The average Bonchev–Trinajstić information content (AvgIpc) is 3.64. The van der Waals surface area contributed by atoms with Crippen LogP contribution in [0.4, 0.5) is 17.1 Å². The molecule has 0 aliphatic rings. The van der Waals surface area contributed by atoms with Gasteiger partial charge in [0.15, 0.2) is 0 Å². The van der Waals surface area contributed by atoms with Crippen molar-refractivity contribution in [2.45, 2.75) is 0 Å². The van der Waals surface area contributed by atoms with Gasteiger partial charge in [0.05, 0.1) is 0 Å². The molecule has 254 valence electrons. The van der Waals surface area contributed by atoms with Gasteiger partial charge in [0.2, 0.25) is 0 Å². The van der Waals surface area contributed by atoms with E-state index in [9.17, 15) is 0 Å². The Morgan fingerprint density at radius 3 is 1.33 bits per heavy atom. The average molecular weight is 690 g/mol. The van der Waals surface area contributed by atoms with Gasteiger partial charge in [0, 0.05) is 33.4 Å². The van der Waals surface area contributed by atoms with Gasteiger partial charge in [0.1, 0.15) is 11.2 Å². The van der Waals surface area contributed by atoms with Gasteiger partial charge < -0.3 is 9.32 Å². The van der Waals surface area contributed by atoms with Crippen LogP contribution in [0.25, 0.3) is 77.2 Å². The molecule has 9 aromatic carbocycles. The van der Waals surface area contributed by atoms with Crippen LogP contribution in [-0.2, 0) is 0 Å². The molecule has 0 radical (unpaired) electrons. The fraction of sp³-hybridized carbons (Fsp3) is 0. The Labute approximate surface area is 314 Å². The first-order valence-electron chi connectivity index (χ1n) is 18.4. The Morgan fingerprint density at radius 1 is 0.296 bits per heavy atom. The fourth-order valence-electron chi connectivity index (χ4n) is 7.85. The first-order valence-corrected chi connectivity index (χ1v) is 18.4. The second kappa shape index (κ2) is 13.4. The van der Waals surface area contributed by atoms with Crippen molar-refractivity contribution in [2.24, 2.45) is 0 Å². The molecule has 0 saturated carbocycles. The van der Waals surface area contributed by atoms with Crippen LogP contribution >= 0.6 is 0 Å². The highest BCUT2D eigenvalue weighted by molar-refractivity contribution is 6.23. The predicted octanol–water partition coefficient (Wildman–Crippen LogP) is 14.9. The third-order valence-electron chi connectivity index (χ3n) is 10.5. The topological polar surface area (TPSA) is 16.4 Å². The van der Waals surface area contributed by atoms with Crippen molar-refractivity contribution < 1.29 is 4.42 Å². The van der Waals surface area contributed by atoms with Crippen LogP contribution in [0, 0.1) is 0 Å². The summed E-state index contributed by atoms with van der Waals surface area (Å²) >= 11 is 0. The van der Waals surface area contributed by atoms with Crippen LogP contribution in [0.2, 0.25) is 0 Å². The van der Waals surface area contributed by atoms with E-state index in [4.69, 9.17) is 4.42 Å². The summed E-state index contributed by atoms with van der Waals surface area (Å²) in [7, 11) is 0. The molecule has 2 heteroatoms. The Hall–Kier alpha value is -7.16. The summed E-state index contributed by atoms with van der Waals surface area (Å²) in [4.78, 5) is 2.31. The van der Waals surface area contributed by atoms with E-state index in [0.29, 0.717) is 0 Å². The van der Waals surface area contributed by atoms with Crippen molar-refractivity contribution in [3.63, 3.8) is 0 Å². The first kappa shape index (κ1) is 31.6. The van der Waals surface area contributed by atoms with Gasteiger partial charge in [-0.3, -0.25) is 0 Å². The molecule has 0 unspecified atom stereocenters. The number of fused-ring (bicyclic) bond motifs is 5. The lowest BCUT2D eigenvalue weighted by Gasteiger charge is -2.26. The quantitative estimate of drug-likeness (QED) is 0.166. The maximum Gasteiger partial charge on any atom is 0.143 e. The number of para-hydroxylation sites is 2. The molecule has 10 aromatic rings. The zero-order chi connectivity index (χ0) is 35.8. The zero-order valence-electron chi connectivity index (χ0n) is 29.6. The van der Waals surface area contributed by atoms with Crippen LogP contribution in [-0.4, -0.2) is 0 Å². The lowest BCUT2D eigenvalue weighted by molar-refractivity contribution is 0.670. The summed E-state index contributed by atoms with van der Waals surface area (Å²) in [6.45, 7) is 0. The number of benzene rings is 9. The number of hydrogen-bond acceptors (Lipinski definition) is 2. The molecule has 1 heterocycles. The van der Waals surface area contributed by atoms with Gasteiger partial charge >= 0.3 is 0 Å². The second-order valence-corrected chi connectivity index (χ2v) is 13.7. The van der Waals surface area contributed by atoms with Crippen molar-refractivity contribution in [3.05, 3.63) is 212 Å². The third-order valence-corrected chi connectivity index (χ3v) is 10.5. The molecule has 0 spiro atoms. The summed E-state index contributed by atoms with van der Waals surface area (Å²) in [6.07, 6.45) is 0. The lowest BCUT2D eigenvalue weighted by Crippen LogP contribution is -2.09. The first-order chi connectivity index (χ1) is 26.8. The standard InChI is InChI=1S/C52H35NO/c1-4-13-36(14-5-1)38-27-31-43(32-28-38)53(42-17-8-3-9-18-42)44-33-29-39(30-34-44)37-23-25-41(26-24-37)45-21-12-22-48-51-47-20-11-10-19-46(47)49(35-50(51)54-52(45)48)40-15-6-2-7-16-40/h1-35H. The molecule has 2 nitrogen and oxygen atoms in total. The maximum atomic E-state index is 6.76. The van der Waals surface area contributed by atoms with Crippen LogP contribution in [0.3, 0.4) is 0 Å². The molecule has 0 N–H and O–H groups in total. The number of rotatable bonds is 7. The Bertz CT molecular complexity index is 2880. The highest BCUT2D eigenvalue weighted by atomic mass is 16.3. The second-order valence-electron chi connectivity index (χ2n) is 13.7. The van der Waals surface area contributed by atoms with E-state index >= 15 is 0 Å². The minimum Gasteiger partial charge on any atom is -0.455 e. The zero-order valence-corrected chi connectivity index (χ0v) is 29.6. The van der Waals surface area contributed by atoms with Crippen LogP contribution in [0.1, 0.15) is 0 Å². The van der Waals surface area contributed by atoms with Gasteiger partial charge in [-0.05, 0) is 92.2 Å². The molecule has 0 saturated heterocycles. The molecule has 1 aromatic heterocycles. The minimum absolute atomic E-state index is 0.906. The molecule has 0 bridgehead atoms. The van der Waals surface area contributed by atoms with E-state index in [1.54, 1.807) is 0 Å². The Balaban J connectivity index is 0.982. The molecule has 0 fully saturated rings. The van der Waals surface area contributed by atoms with Crippen molar-refractivity contribution in [1.82, 2.24) is 0 Å². The molecule has 10 rings (SSSR count). The van der Waals surface area contributed by atoms with Gasteiger partial charge in [0.25, 0.3) is 0 Å². The largest absolute Gasteiger partial charge is 0.455 e. The van der Waals surface area contributed by atoms with Crippen molar-refractivity contribution in [3.8, 4) is 44.5 Å². The van der Waals surface area contributed by atoms with Gasteiger partial charge in [-0.2, -0.15) is 0 Å². The van der Waals surface area contributed by atoms with Gasteiger partial charge in [-0.1, -0.05) is 170 Å². The molecule has 0 aliphatic heterocycles. The SMILES string of the molecule is c1ccc(-c2ccc(N(c3ccccc3)c3ccc(-c4ccc(-c5cccc6c5oc5cc(-c7ccccc7)c7ccccc7c56)cc4)cc3)cc2)cc1. The van der Waals surface area contributed by atoms with E-state index in [2.05, 4.69) is 217 Å². The van der Waals surface area contributed by atoms with Crippen molar-refractivity contribution >= 4 is 49.8 Å². The number of nitrogens with zero attached hydrogens (tertiary/aromatic N) is 1. The van der Waals surface area contributed by atoms with E-state index < -0.39 is 0 Å². The molecule has 0 amide bonds. The molecule has 54 heavy (non-hydrogen) atoms. The van der Waals surface area contributed by atoms with E-state index in [1.807, 2.05) is 0 Å². The van der Waals surface area contributed by atoms with Gasteiger partial charge in [-0.15, -0.1) is 0 Å². The third kappa shape index (κ3) is 5.62. The Kier molecular flexibility index (Phi) is 7.85. The molecular weight excluding hydrogens is 655 g/mol. The smallest absolute Gasteiger partial charge is 0.143 e. The van der Waals surface area contributed by atoms with Crippen LogP contribution < -0.4 is 4.90 Å². The summed E-state index contributed by atoms with van der Waals surface area (Å²) in [5.74, 6) is 0. The van der Waals surface area contributed by atoms with Crippen LogP contribution in [0.15, 0.2) is 217 Å². The number of anilines is 3. The fourth-order valence-corrected chi connectivity index (χ4v) is 7.85. The molecular formula is C52H35NO. The summed E-state index contributed by atoms with van der Waals surface area (Å²) < 4.78 is 6.76. The van der Waals surface area contributed by atoms with E-state index in [1.165, 1.54) is 44.2 Å². The molecule has 0 aliphatic carbocycles. The maximum absolute atomic E-state index is 6.76. The predicted molar refractivity (Wildman–Crippen MR) is 228 cm³/mol. The van der Waals surface area contributed by atoms with E-state index in [-0.39, 0.29) is 0 Å². The van der Waals surface area contributed by atoms with Crippen molar-refractivity contribution in [1.29, 1.82) is 0 Å². The number of furan rings is 1. The lowest BCUT2D eigenvalue weighted by atomic mass is 9.94. The summed E-state index contributed by atoms with van der Waals surface area (Å²) in [5.41, 5.74) is 14.5. The highest BCUT2D eigenvalue weighted by Gasteiger charge is 2.18. The number of hydrogen-bond donors (Lipinski definition) is 0. The van der Waals surface area contributed by atoms with Crippen molar-refractivity contribution in [2.75, 3.05) is 4.90 Å².